The largest absolute Gasteiger partial charge is 0.353 e. The summed E-state index contributed by atoms with van der Waals surface area (Å²) in [6, 6.07) is 17.1. The van der Waals surface area contributed by atoms with Crippen molar-refractivity contribution in [3.63, 3.8) is 0 Å². The predicted molar refractivity (Wildman–Crippen MR) is 111 cm³/mol. The van der Waals surface area contributed by atoms with E-state index in [1.807, 2.05) is 18.2 Å². The summed E-state index contributed by atoms with van der Waals surface area (Å²) >= 11 is 0. The summed E-state index contributed by atoms with van der Waals surface area (Å²) in [6.45, 7) is 3.10. The highest BCUT2D eigenvalue weighted by Crippen LogP contribution is 2.29. The fraction of sp³-hybridized carbons (Fsp3) is 0.273. The molecule has 2 aromatic heterocycles. The van der Waals surface area contributed by atoms with Crippen molar-refractivity contribution in [1.29, 1.82) is 5.26 Å². The van der Waals surface area contributed by atoms with E-state index in [1.165, 1.54) is 23.8 Å². The summed E-state index contributed by atoms with van der Waals surface area (Å²) in [5, 5.41) is 25.9. The summed E-state index contributed by atoms with van der Waals surface area (Å²) in [4.78, 5) is 3.48. The third kappa shape index (κ3) is 3.15. The van der Waals surface area contributed by atoms with Crippen LogP contribution in [0, 0.1) is 11.3 Å². The van der Waals surface area contributed by atoms with Crippen LogP contribution in [0.1, 0.15) is 24.0 Å². The Morgan fingerprint density at radius 3 is 2.82 bits per heavy atom. The number of rotatable bonds is 4. The number of benzene rings is 2. The maximum atomic E-state index is 9.07. The van der Waals surface area contributed by atoms with E-state index < -0.39 is 0 Å². The highest BCUT2D eigenvalue weighted by molar-refractivity contribution is 5.96. The van der Waals surface area contributed by atoms with Crippen molar-refractivity contribution in [1.82, 2.24) is 25.8 Å². The Kier molecular flexibility index (Phi) is 4.32. The maximum Gasteiger partial charge on any atom is 0.116 e. The molecule has 1 aliphatic heterocycles. The second kappa shape index (κ2) is 7.12. The molecule has 6 heteroatoms. The van der Waals surface area contributed by atoms with E-state index in [0.717, 1.165) is 47.4 Å². The van der Waals surface area contributed by atoms with Gasteiger partial charge in [0.2, 0.25) is 0 Å². The number of aromatic nitrogens is 3. The smallest absolute Gasteiger partial charge is 0.116 e. The normalized spacial score (nSPS) is 15.2. The van der Waals surface area contributed by atoms with E-state index in [2.05, 4.69) is 56.1 Å². The standard InChI is InChI=1S/C22H22N6/c23-12-14-1-3-18-20(10-14)27-28-22(18)21-11-16-9-15(2-4-19(16)26-21)13-25-17-5-7-24-8-6-17/h1-4,9-11,17,24-26H,5-8,13H2,(H,27,28). The van der Waals surface area contributed by atoms with Crippen molar-refractivity contribution >= 4 is 21.8 Å². The molecule has 1 aliphatic rings. The average molecular weight is 370 g/mol. The first-order valence-electron chi connectivity index (χ1n) is 9.74. The highest BCUT2D eigenvalue weighted by atomic mass is 15.1. The first-order valence-corrected chi connectivity index (χ1v) is 9.74. The average Bonchev–Trinajstić information content (AvgIpc) is 3.35. The second-order valence-corrected chi connectivity index (χ2v) is 7.45. The molecule has 4 aromatic rings. The van der Waals surface area contributed by atoms with Crippen molar-refractivity contribution < 1.29 is 0 Å². The molecule has 0 aliphatic carbocycles. The molecule has 5 rings (SSSR count). The molecule has 2 aromatic carbocycles. The van der Waals surface area contributed by atoms with E-state index >= 15 is 0 Å². The first kappa shape index (κ1) is 17.0. The Labute approximate surface area is 162 Å². The summed E-state index contributed by atoms with van der Waals surface area (Å²) in [5.74, 6) is 0. The lowest BCUT2D eigenvalue weighted by molar-refractivity contribution is 0.386. The van der Waals surface area contributed by atoms with Gasteiger partial charge in [0.1, 0.15) is 5.69 Å². The van der Waals surface area contributed by atoms with Crippen LogP contribution in [-0.2, 0) is 6.54 Å². The maximum absolute atomic E-state index is 9.07. The summed E-state index contributed by atoms with van der Waals surface area (Å²) < 4.78 is 0. The lowest BCUT2D eigenvalue weighted by Gasteiger charge is -2.23. The minimum atomic E-state index is 0.604. The van der Waals surface area contributed by atoms with Crippen LogP contribution in [0.4, 0.5) is 0 Å². The molecule has 6 nitrogen and oxygen atoms in total. The van der Waals surface area contributed by atoms with Crippen molar-refractivity contribution in [2.75, 3.05) is 13.1 Å². The van der Waals surface area contributed by atoms with Crippen molar-refractivity contribution in [3.8, 4) is 17.5 Å². The third-order valence-electron chi connectivity index (χ3n) is 5.57. The summed E-state index contributed by atoms with van der Waals surface area (Å²) in [7, 11) is 0. The van der Waals surface area contributed by atoms with Gasteiger partial charge >= 0.3 is 0 Å². The molecule has 0 unspecified atom stereocenters. The number of nitrogens with zero attached hydrogens (tertiary/aromatic N) is 2. The molecule has 0 atom stereocenters. The minimum Gasteiger partial charge on any atom is -0.353 e. The van der Waals surface area contributed by atoms with Crippen LogP contribution in [0.2, 0.25) is 0 Å². The van der Waals surface area contributed by atoms with Crippen molar-refractivity contribution in [2.24, 2.45) is 0 Å². The molecule has 0 saturated carbocycles. The molecule has 1 saturated heterocycles. The van der Waals surface area contributed by atoms with E-state index in [1.54, 1.807) is 0 Å². The van der Waals surface area contributed by atoms with Gasteiger partial charge in [0.05, 0.1) is 22.8 Å². The molecule has 28 heavy (non-hydrogen) atoms. The van der Waals surface area contributed by atoms with E-state index in [-0.39, 0.29) is 0 Å². The zero-order chi connectivity index (χ0) is 18.9. The van der Waals surface area contributed by atoms with Gasteiger partial charge in [-0.3, -0.25) is 5.10 Å². The quantitative estimate of drug-likeness (QED) is 0.443. The Morgan fingerprint density at radius 2 is 1.96 bits per heavy atom. The molecule has 0 radical (unpaired) electrons. The van der Waals surface area contributed by atoms with Gasteiger partial charge in [0, 0.05) is 28.9 Å². The Bertz CT molecular complexity index is 1170. The lowest BCUT2D eigenvalue weighted by atomic mass is 10.1. The van der Waals surface area contributed by atoms with Crippen LogP contribution in [0.15, 0.2) is 42.5 Å². The number of nitriles is 1. The van der Waals surface area contributed by atoms with E-state index in [9.17, 15) is 0 Å². The number of aromatic amines is 2. The topological polar surface area (TPSA) is 92.3 Å². The van der Waals surface area contributed by atoms with Crippen LogP contribution in [0.25, 0.3) is 33.2 Å². The molecule has 1 fully saturated rings. The van der Waals surface area contributed by atoms with E-state index in [0.29, 0.717) is 11.6 Å². The van der Waals surface area contributed by atoms with Gasteiger partial charge in [0.15, 0.2) is 0 Å². The van der Waals surface area contributed by atoms with E-state index in [4.69, 9.17) is 5.26 Å². The van der Waals surface area contributed by atoms with Gasteiger partial charge in [0.25, 0.3) is 0 Å². The lowest BCUT2D eigenvalue weighted by Crippen LogP contribution is -2.39. The molecule has 0 spiro atoms. The number of hydrogen-bond acceptors (Lipinski definition) is 4. The summed E-state index contributed by atoms with van der Waals surface area (Å²) in [5.41, 5.74) is 5.76. The van der Waals surface area contributed by atoms with Crippen LogP contribution < -0.4 is 10.6 Å². The summed E-state index contributed by atoms with van der Waals surface area (Å²) in [6.07, 6.45) is 2.38. The first-order chi connectivity index (χ1) is 13.8. The van der Waals surface area contributed by atoms with Crippen LogP contribution in [0.3, 0.4) is 0 Å². The van der Waals surface area contributed by atoms with Gasteiger partial charge in [-0.25, -0.2) is 0 Å². The zero-order valence-corrected chi connectivity index (χ0v) is 15.5. The third-order valence-corrected chi connectivity index (χ3v) is 5.57. The van der Waals surface area contributed by atoms with Gasteiger partial charge < -0.3 is 15.6 Å². The number of fused-ring (bicyclic) bond motifs is 2. The Morgan fingerprint density at radius 1 is 1.07 bits per heavy atom. The molecule has 3 heterocycles. The fourth-order valence-electron chi connectivity index (χ4n) is 4.00. The van der Waals surface area contributed by atoms with Crippen LogP contribution in [-0.4, -0.2) is 34.3 Å². The van der Waals surface area contributed by atoms with Gasteiger partial charge in [-0.2, -0.15) is 10.4 Å². The van der Waals surface area contributed by atoms with Crippen LogP contribution in [0.5, 0.6) is 0 Å². The highest BCUT2D eigenvalue weighted by Gasteiger charge is 2.13. The zero-order valence-electron chi connectivity index (χ0n) is 15.5. The van der Waals surface area contributed by atoms with Gasteiger partial charge in [-0.1, -0.05) is 6.07 Å². The SMILES string of the molecule is N#Cc1ccc2c(-c3cc4cc(CNC5CCNCC5)ccc4[nH]3)n[nH]c2c1. The monoisotopic (exact) mass is 370 g/mol. The second-order valence-electron chi connectivity index (χ2n) is 7.45. The Balaban J connectivity index is 1.41. The van der Waals surface area contributed by atoms with Crippen molar-refractivity contribution in [3.05, 3.63) is 53.6 Å². The molecular formula is C22H22N6. The number of nitrogens with one attached hydrogen (secondary N) is 4. The number of hydrogen-bond donors (Lipinski definition) is 4. The van der Waals surface area contributed by atoms with Gasteiger partial charge in [-0.15, -0.1) is 0 Å². The molecule has 0 amide bonds. The Hall–Kier alpha value is -3.14. The fourth-order valence-corrected chi connectivity index (χ4v) is 4.00. The number of piperidine rings is 1. The van der Waals surface area contributed by atoms with Gasteiger partial charge in [-0.05, 0) is 67.9 Å². The molecule has 0 bridgehead atoms. The molecule has 140 valence electrons. The van der Waals surface area contributed by atoms with Crippen molar-refractivity contribution in [2.45, 2.75) is 25.4 Å². The molecule has 4 N–H and O–H groups in total. The minimum absolute atomic E-state index is 0.604. The predicted octanol–water partition coefficient (Wildman–Crippen LogP) is 3.42. The molecular weight excluding hydrogens is 348 g/mol. The number of H-pyrrole nitrogens is 2. The van der Waals surface area contributed by atoms with Crippen LogP contribution >= 0.6 is 0 Å².